The van der Waals surface area contributed by atoms with Crippen LogP contribution in [0.15, 0.2) is 12.4 Å². The first-order valence-electron chi connectivity index (χ1n) is 6.15. The van der Waals surface area contributed by atoms with Crippen molar-refractivity contribution in [2.24, 2.45) is 5.73 Å². The highest BCUT2D eigenvalue weighted by molar-refractivity contribution is 5.06. The van der Waals surface area contributed by atoms with Crippen molar-refractivity contribution >= 4 is 0 Å². The first-order chi connectivity index (χ1) is 9.36. The zero-order valence-corrected chi connectivity index (χ0v) is 11.2. The van der Waals surface area contributed by atoms with E-state index in [0.717, 1.165) is 5.69 Å². The van der Waals surface area contributed by atoms with Crippen molar-refractivity contribution in [1.82, 2.24) is 9.97 Å². The lowest BCUT2D eigenvalue weighted by Crippen LogP contribution is -2.12. The second-order valence-corrected chi connectivity index (χ2v) is 3.62. The molecule has 0 saturated heterocycles. The highest BCUT2D eigenvalue weighted by Crippen LogP contribution is 2.03. The molecule has 7 nitrogen and oxygen atoms in total. The van der Waals surface area contributed by atoms with Gasteiger partial charge in [0.1, 0.15) is 6.61 Å². The van der Waals surface area contributed by atoms with E-state index in [9.17, 15) is 0 Å². The van der Waals surface area contributed by atoms with Crippen molar-refractivity contribution < 1.29 is 18.9 Å². The number of hydrogen-bond acceptors (Lipinski definition) is 7. The van der Waals surface area contributed by atoms with E-state index in [-0.39, 0.29) is 0 Å². The van der Waals surface area contributed by atoms with Crippen LogP contribution in [-0.4, -0.2) is 56.7 Å². The summed E-state index contributed by atoms with van der Waals surface area (Å²) in [6, 6.07) is 0. The number of methoxy groups -OCH3 is 1. The molecule has 1 rings (SSSR count). The van der Waals surface area contributed by atoms with E-state index in [1.807, 2.05) is 0 Å². The second-order valence-electron chi connectivity index (χ2n) is 3.62. The zero-order valence-electron chi connectivity index (χ0n) is 11.2. The normalized spacial score (nSPS) is 10.6. The Morgan fingerprint density at radius 1 is 0.947 bits per heavy atom. The van der Waals surface area contributed by atoms with Gasteiger partial charge in [-0.2, -0.15) is 0 Å². The monoisotopic (exact) mass is 271 g/mol. The summed E-state index contributed by atoms with van der Waals surface area (Å²) in [7, 11) is 1.64. The lowest BCUT2D eigenvalue weighted by atomic mass is 10.5. The largest absolute Gasteiger partial charge is 0.474 e. The van der Waals surface area contributed by atoms with Gasteiger partial charge in [-0.1, -0.05) is 0 Å². The molecule has 0 spiro atoms. The quantitative estimate of drug-likeness (QED) is 0.566. The van der Waals surface area contributed by atoms with Crippen LogP contribution in [0, 0.1) is 0 Å². The maximum Gasteiger partial charge on any atom is 0.232 e. The molecule has 0 amide bonds. The summed E-state index contributed by atoms with van der Waals surface area (Å²) in [5.41, 5.74) is 6.15. The molecule has 0 aliphatic rings. The van der Waals surface area contributed by atoms with Crippen molar-refractivity contribution in [1.29, 1.82) is 0 Å². The molecule has 0 saturated carbocycles. The van der Waals surface area contributed by atoms with Crippen LogP contribution in [0.3, 0.4) is 0 Å². The second kappa shape index (κ2) is 10.6. The van der Waals surface area contributed by atoms with E-state index >= 15 is 0 Å². The minimum atomic E-state index is 0.374. The highest BCUT2D eigenvalue weighted by Gasteiger charge is 1.97. The molecular formula is C12H21N3O4. The molecule has 1 aromatic rings. The smallest absolute Gasteiger partial charge is 0.232 e. The fraction of sp³-hybridized carbons (Fsp3) is 0.667. The van der Waals surface area contributed by atoms with Gasteiger partial charge in [-0.25, -0.2) is 4.98 Å². The van der Waals surface area contributed by atoms with Crippen molar-refractivity contribution in [3.05, 3.63) is 18.1 Å². The number of aromatic nitrogens is 2. The van der Waals surface area contributed by atoms with Crippen LogP contribution in [0.5, 0.6) is 5.88 Å². The van der Waals surface area contributed by atoms with Crippen molar-refractivity contribution in [2.75, 3.05) is 46.8 Å². The number of rotatable bonds is 11. The van der Waals surface area contributed by atoms with Gasteiger partial charge < -0.3 is 24.7 Å². The lowest BCUT2D eigenvalue weighted by Gasteiger charge is -2.07. The highest BCUT2D eigenvalue weighted by atomic mass is 16.6. The van der Waals surface area contributed by atoms with Gasteiger partial charge in [0.2, 0.25) is 5.88 Å². The molecule has 1 aromatic heterocycles. The average molecular weight is 271 g/mol. The Labute approximate surface area is 113 Å². The fourth-order valence-electron chi connectivity index (χ4n) is 1.19. The van der Waals surface area contributed by atoms with Gasteiger partial charge >= 0.3 is 0 Å². The number of ether oxygens (including phenoxy) is 4. The summed E-state index contributed by atoms with van der Waals surface area (Å²) < 4.78 is 20.8. The molecule has 0 aliphatic heterocycles. The van der Waals surface area contributed by atoms with Gasteiger partial charge in [-0.15, -0.1) is 0 Å². The number of nitrogens with zero attached hydrogens (tertiary/aromatic N) is 2. The molecule has 0 aromatic carbocycles. The standard InChI is InChI=1S/C12H21N3O4/c1-16-2-3-17-4-5-18-6-7-19-12-10-14-11(8-13)9-15-12/h9-10H,2-8,13H2,1H3. The maximum absolute atomic E-state index is 5.42. The van der Waals surface area contributed by atoms with Gasteiger partial charge in [0.15, 0.2) is 0 Å². The Bertz CT molecular complexity index is 321. The van der Waals surface area contributed by atoms with Crippen LogP contribution >= 0.6 is 0 Å². The summed E-state index contributed by atoms with van der Waals surface area (Å²) >= 11 is 0. The number of nitrogens with two attached hydrogens (primary N) is 1. The third kappa shape index (κ3) is 7.68. The predicted molar refractivity (Wildman–Crippen MR) is 68.9 cm³/mol. The molecule has 19 heavy (non-hydrogen) atoms. The third-order valence-corrected chi connectivity index (χ3v) is 2.17. The molecular weight excluding hydrogens is 250 g/mol. The average Bonchev–Trinajstić information content (AvgIpc) is 2.46. The molecule has 0 aliphatic carbocycles. The van der Waals surface area contributed by atoms with E-state index in [1.54, 1.807) is 19.5 Å². The first kappa shape index (κ1) is 15.8. The Hall–Kier alpha value is -1.28. The predicted octanol–water partition coefficient (Wildman–Crippen LogP) is -0.00630. The Morgan fingerprint density at radius 3 is 2.21 bits per heavy atom. The van der Waals surface area contributed by atoms with Crippen LogP contribution < -0.4 is 10.5 Å². The Balaban J connectivity index is 1.95. The fourth-order valence-corrected chi connectivity index (χ4v) is 1.19. The van der Waals surface area contributed by atoms with E-state index in [1.165, 1.54) is 0 Å². The topological polar surface area (TPSA) is 88.7 Å². The summed E-state index contributed by atoms with van der Waals surface area (Å²) in [4.78, 5) is 8.13. The first-order valence-corrected chi connectivity index (χ1v) is 6.15. The summed E-state index contributed by atoms with van der Waals surface area (Å²) in [6.45, 7) is 3.54. The Kier molecular flexibility index (Phi) is 8.82. The molecule has 0 atom stereocenters. The van der Waals surface area contributed by atoms with Gasteiger partial charge in [0.25, 0.3) is 0 Å². The van der Waals surface area contributed by atoms with E-state index in [4.69, 9.17) is 24.7 Å². The zero-order chi connectivity index (χ0) is 13.8. The SMILES string of the molecule is COCCOCCOCCOc1cnc(CN)cn1. The van der Waals surface area contributed by atoms with Gasteiger partial charge in [-0.05, 0) is 0 Å². The van der Waals surface area contributed by atoms with Crippen molar-refractivity contribution in [3.63, 3.8) is 0 Å². The molecule has 0 radical (unpaired) electrons. The van der Waals surface area contributed by atoms with Crippen LogP contribution in [0.25, 0.3) is 0 Å². The van der Waals surface area contributed by atoms with Crippen LogP contribution in [0.2, 0.25) is 0 Å². The summed E-state index contributed by atoms with van der Waals surface area (Å²) in [5, 5.41) is 0. The lowest BCUT2D eigenvalue weighted by molar-refractivity contribution is 0.0176. The van der Waals surface area contributed by atoms with Gasteiger partial charge in [-0.3, -0.25) is 4.98 Å². The van der Waals surface area contributed by atoms with E-state index in [2.05, 4.69) is 9.97 Å². The Morgan fingerprint density at radius 2 is 1.63 bits per heavy atom. The molecule has 1 heterocycles. The maximum atomic E-state index is 5.42. The van der Waals surface area contributed by atoms with Gasteiger partial charge in [0.05, 0.1) is 51.1 Å². The third-order valence-electron chi connectivity index (χ3n) is 2.17. The summed E-state index contributed by atoms with van der Waals surface area (Å²) in [6.07, 6.45) is 3.15. The molecule has 108 valence electrons. The summed E-state index contributed by atoms with van der Waals surface area (Å²) in [5.74, 6) is 0.470. The molecule has 0 unspecified atom stereocenters. The van der Waals surface area contributed by atoms with Crippen LogP contribution in [-0.2, 0) is 20.8 Å². The number of hydrogen-bond donors (Lipinski definition) is 1. The van der Waals surface area contributed by atoms with Crippen molar-refractivity contribution in [2.45, 2.75) is 6.54 Å². The molecule has 7 heteroatoms. The van der Waals surface area contributed by atoms with E-state index < -0.39 is 0 Å². The van der Waals surface area contributed by atoms with Crippen LogP contribution in [0.1, 0.15) is 5.69 Å². The van der Waals surface area contributed by atoms with E-state index in [0.29, 0.717) is 52.1 Å². The minimum Gasteiger partial charge on any atom is -0.474 e. The molecule has 0 bridgehead atoms. The molecule has 2 N–H and O–H groups in total. The minimum absolute atomic E-state index is 0.374. The van der Waals surface area contributed by atoms with Crippen molar-refractivity contribution in [3.8, 4) is 5.88 Å². The molecule has 0 fully saturated rings. The van der Waals surface area contributed by atoms with Gasteiger partial charge in [0, 0.05) is 13.7 Å². The van der Waals surface area contributed by atoms with Crippen LogP contribution in [0.4, 0.5) is 0 Å².